The summed E-state index contributed by atoms with van der Waals surface area (Å²) < 4.78 is 5.94. The van der Waals surface area contributed by atoms with Gasteiger partial charge in [-0.3, -0.25) is 0 Å². The van der Waals surface area contributed by atoms with Gasteiger partial charge in [0.25, 0.3) is 0 Å². The molecule has 3 heteroatoms. The van der Waals surface area contributed by atoms with Gasteiger partial charge in [-0.1, -0.05) is 51.9 Å². The van der Waals surface area contributed by atoms with Crippen LogP contribution in [0.15, 0.2) is 18.2 Å². The molecule has 0 aliphatic rings. The van der Waals surface area contributed by atoms with Crippen LogP contribution >= 0.6 is 0 Å². The molecule has 2 nitrogen and oxygen atoms in total. The van der Waals surface area contributed by atoms with Gasteiger partial charge in [0.1, 0.15) is 8.07 Å². The van der Waals surface area contributed by atoms with E-state index in [4.69, 9.17) is 4.74 Å². The Labute approximate surface area is 119 Å². The molecule has 0 N–H and O–H groups in total. The minimum Gasteiger partial charge on any atom is -0.475 e. The van der Waals surface area contributed by atoms with Gasteiger partial charge in [0.15, 0.2) is 0 Å². The molecule has 0 fully saturated rings. The minimum atomic E-state index is -1.34. The molecule has 0 radical (unpaired) electrons. The third-order valence-corrected chi connectivity index (χ3v) is 5.09. The Morgan fingerprint density at radius 2 is 1.89 bits per heavy atom. The second-order valence-electron chi connectivity index (χ2n) is 6.39. The highest BCUT2D eigenvalue weighted by Crippen LogP contribution is 2.13. The van der Waals surface area contributed by atoms with Crippen LogP contribution in [0.4, 0.5) is 0 Å². The second kappa shape index (κ2) is 7.68. The molecule has 1 aromatic heterocycles. The Balaban J connectivity index is 2.48. The molecule has 1 rings (SSSR count). The number of hydrogen-bond acceptors (Lipinski definition) is 2. The third kappa shape index (κ3) is 6.23. The van der Waals surface area contributed by atoms with Gasteiger partial charge in [-0.05, 0) is 25.8 Å². The molecule has 0 amide bonds. The summed E-state index contributed by atoms with van der Waals surface area (Å²) in [5, 5.41) is 1.23. The van der Waals surface area contributed by atoms with Crippen molar-refractivity contribution in [3.05, 3.63) is 18.2 Å². The van der Waals surface area contributed by atoms with Gasteiger partial charge >= 0.3 is 0 Å². The van der Waals surface area contributed by atoms with Crippen molar-refractivity contribution in [2.24, 2.45) is 0 Å². The van der Waals surface area contributed by atoms with Crippen LogP contribution in [0.2, 0.25) is 19.6 Å². The van der Waals surface area contributed by atoms with Crippen molar-refractivity contribution in [2.75, 3.05) is 0 Å². The number of hydrogen-bond donors (Lipinski definition) is 0. The van der Waals surface area contributed by atoms with Crippen LogP contribution < -0.4 is 10.1 Å². The van der Waals surface area contributed by atoms with Gasteiger partial charge in [0, 0.05) is 11.4 Å². The van der Waals surface area contributed by atoms with E-state index in [9.17, 15) is 0 Å². The van der Waals surface area contributed by atoms with E-state index in [1.165, 1.54) is 31.0 Å². The van der Waals surface area contributed by atoms with E-state index in [0.717, 1.165) is 12.3 Å². The van der Waals surface area contributed by atoms with Crippen LogP contribution in [-0.4, -0.2) is 19.2 Å². The molecule has 0 saturated carbocycles. The van der Waals surface area contributed by atoms with Crippen LogP contribution in [0.1, 0.15) is 46.0 Å². The van der Waals surface area contributed by atoms with Crippen LogP contribution in [0.25, 0.3) is 0 Å². The molecule has 0 aromatic carbocycles. The van der Waals surface area contributed by atoms with Gasteiger partial charge in [0.05, 0.1) is 6.10 Å². The number of unbranched alkanes of at least 4 members (excludes halogenated alkanes) is 3. The van der Waals surface area contributed by atoms with Gasteiger partial charge in [-0.2, -0.15) is 0 Å². The zero-order valence-electron chi connectivity index (χ0n) is 13.2. The average Bonchev–Trinajstić information content (AvgIpc) is 2.34. The van der Waals surface area contributed by atoms with Crippen LogP contribution in [0.5, 0.6) is 5.88 Å². The molecule has 1 aromatic rings. The van der Waals surface area contributed by atoms with E-state index < -0.39 is 8.07 Å². The smallest absolute Gasteiger partial charge is 0.213 e. The lowest BCUT2D eigenvalue weighted by Crippen LogP contribution is -2.40. The fourth-order valence-electron chi connectivity index (χ4n) is 2.02. The molecule has 1 heterocycles. The van der Waals surface area contributed by atoms with Gasteiger partial charge in [-0.25, -0.2) is 4.98 Å². The van der Waals surface area contributed by atoms with Crippen molar-refractivity contribution in [1.29, 1.82) is 0 Å². The predicted octanol–water partition coefficient (Wildman–Crippen LogP) is 4.36. The number of ether oxygens (including phenoxy) is 1. The van der Waals surface area contributed by atoms with E-state index in [0.29, 0.717) is 0 Å². The highest BCUT2D eigenvalue weighted by Gasteiger charge is 2.18. The maximum atomic E-state index is 5.94. The monoisotopic (exact) mass is 279 g/mol. The topological polar surface area (TPSA) is 22.1 Å². The summed E-state index contributed by atoms with van der Waals surface area (Å²) in [5.74, 6) is 0.794. The lowest BCUT2D eigenvalue weighted by atomic mass is 10.1. The SMILES string of the molecule is CCCCCCC(C)Oc1cccc([Si](C)(C)C)n1. The average molecular weight is 280 g/mol. The third-order valence-electron chi connectivity index (χ3n) is 3.28. The van der Waals surface area contributed by atoms with Crippen molar-refractivity contribution in [2.45, 2.75) is 71.7 Å². The van der Waals surface area contributed by atoms with E-state index in [2.05, 4.69) is 50.6 Å². The number of nitrogens with zero attached hydrogens (tertiary/aromatic N) is 1. The summed E-state index contributed by atoms with van der Waals surface area (Å²) >= 11 is 0. The van der Waals surface area contributed by atoms with Crippen molar-refractivity contribution in [1.82, 2.24) is 4.98 Å². The summed E-state index contributed by atoms with van der Waals surface area (Å²) in [5.41, 5.74) is 0. The first-order valence-corrected chi connectivity index (χ1v) is 11.1. The van der Waals surface area contributed by atoms with Crippen LogP contribution in [0, 0.1) is 0 Å². The molecule has 0 spiro atoms. The molecule has 0 aliphatic carbocycles. The Hall–Kier alpha value is -0.833. The molecule has 1 atom stereocenters. The lowest BCUT2D eigenvalue weighted by Gasteiger charge is -2.18. The Morgan fingerprint density at radius 3 is 2.53 bits per heavy atom. The first-order valence-electron chi connectivity index (χ1n) is 7.57. The van der Waals surface area contributed by atoms with E-state index in [1.807, 2.05) is 6.07 Å². The van der Waals surface area contributed by atoms with Crippen LogP contribution in [-0.2, 0) is 0 Å². The highest BCUT2D eigenvalue weighted by atomic mass is 28.3. The maximum Gasteiger partial charge on any atom is 0.213 e. The molecule has 19 heavy (non-hydrogen) atoms. The van der Waals surface area contributed by atoms with Crippen molar-refractivity contribution < 1.29 is 4.74 Å². The van der Waals surface area contributed by atoms with E-state index >= 15 is 0 Å². The minimum absolute atomic E-state index is 0.265. The summed E-state index contributed by atoms with van der Waals surface area (Å²) in [7, 11) is -1.34. The zero-order valence-corrected chi connectivity index (χ0v) is 14.2. The predicted molar refractivity (Wildman–Crippen MR) is 86.1 cm³/mol. The Morgan fingerprint density at radius 1 is 1.16 bits per heavy atom. The van der Waals surface area contributed by atoms with Crippen LogP contribution in [0.3, 0.4) is 0 Å². The van der Waals surface area contributed by atoms with Crippen molar-refractivity contribution in [3.63, 3.8) is 0 Å². The fraction of sp³-hybridized carbons (Fsp3) is 0.688. The zero-order chi connectivity index (χ0) is 14.3. The van der Waals surface area contributed by atoms with Gasteiger partial charge < -0.3 is 4.74 Å². The first kappa shape index (κ1) is 16.2. The molecule has 1 unspecified atom stereocenters. The van der Waals surface area contributed by atoms with E-state index in [-0.39, 0.29) is 6.10 Å². The Bertz CT molecular complexity index is 373. The summed E-state index contributed by atoms with van der Waals surface area (Å²) in [6.45, 7) is 11.3. The fourth-order valence-corrected chi connectivity index (χ4v) is 3.06. The van der Waals surface area contributed by atoms with E-state index in [1.54, 1.807) is 0 Å². The number of rotatable bonds is 8. The standard InChI is InChI=1S/C16H29NOSi/c1-6-7-8-9-11-14(2)18-15-12-10-13-16(17-15)19(3,4)5/h10,12-14H,6-9,11H2,1-5H3. The molecule has 108 valence electrons. The second-order valence-corrected chi connectivity index (χ2v) is 11.4. The van der Waals surface area contributed by atoms with Gasteiger partial charge in [-0.15, -0.1) is 0 Å². The molecule has 0 saturated heterocycles. The molecule has 0 bridgehead atoms. The van der Waals surface area contributed by atoms with Gasteiger partial charge in [0.2, 0.25) is 5.88 Å². The largest absolute Gasteiger partial charge is 0.475 e. The summed E-state index contributed by atoms with van der Waals surface area (Å²) in [6, 6.07) is 6.18. The van der Waals surface area contributed by atoms with Crippen molar-refractivity contribution >= 4 is 13.4 Å². The maximum absolute atomic E-state index is 5.94. The normalized spacial score (nSPS) is 13.3. The quantitative estimate of drug-likeness (QED) is 0.521. The first-order chi connectivity index (χ1) is 8.93. The molecular formula is C16H29NOSi. The summed E-state index contributed by atoms with van der Waals surface area (Å²) in [4.78, 5) is 4.67. The number of pyridine rings is 1. The van der Waals surface area contributed by atoms with Crippen molar-refractivity contribution in [3.8, 4) is 5.88 Å². The molecule has 0 aliphatic heterocycles. The summed E-state index contributed by atoms with van der Waals surface area (Å²) in [6.07, 6.45) is 6.57. The molecular weight excluding hydrogens is 250 g/mol. The Kier molecular flexibility index (Phi) is 6.56. The lowest BCUT2D eigenvalue weighted by molar-refractivity contribution is 0.198. The highest BCUT2D eigenvalue weighted by molar-refractivity contribution is 6.88. The number of aromatic nitrogens is 1.